The van der Waals surface area contributed by atoms with Crippen molar-refractivity contribution in [1.82, 2.24) is 0 Å². The summed E-state index contributed by atoms with van der Waals surface area (Å²) in [6.07, 6.45) is 0. The fourth-order valence-corrected chi connectivity index (χ4v) is 1.83. The zero-order valence-corrected chi connectivity index (χ0v) is 12.1. The molecule has 0 aromatic heterocycles. The average Bonchev–Trinajstić information content (AvgIpc) is 2.27. The number of hydrogen-bond acceptors (Lipinski definition) is 6. The van der Waals surface area contributed by atoms with E-state index in [9.17, 15) is 14.7 Å². The maximum atomic E-state index is 11.0. The van der Waals surface area contributed by atoms with Crippen LogP contribution in [0.5, 0.6) is 23.0 Å². The van der Waals surface area contributed by atoms with Gasteiger partial charge in [-0.25, -0.2) is 0 Å². The van der Waals surface area contributed by atoms with E-state index in [1.165, 1.54) is 27.0 Å². The Morgan fingerprint density at radius 3 is 2.17 bits per heavy atom. The van der Waals surface area contributed by atoms with Crippen molar-refractivity contribution in [3.05, 3.63) is 9.64 Å². The molecular weight excluding hydrogens is 355 g/mol. The topological polar surface area (TPSA) is 82.1 Å². The van der Waals surface area contributed by atoms with Gasteiger partial charge >= 0.3 is 11.9 Å². The Morgan fingerprint density at radius 2 is 1.72 bits per heavy atom. The summed E-state index contributed by atoms with van der Waals surface area (Å²) >= 11 is 1.80. The van der Waals surface area contributed by atoms with Crippen molar-refractivity contribution in [3.8, 4) is 23.0 Å². The van der Waals surface area contributed by atoms with Gasteiger partial charge in [0.1, 0.15) is 3.57 Å². The smallest absolute Gasteiger partial charge is 0.308 e. The lowest BCUT2D eigenvalue weighted by Gasteiger charge is -2.13. The number of carbonyl (C=O) groups is 2. The summed E-state index contributed by atoms with van der Waals surface area (Å²) in [6, 6.07) is 1.34. The van der Waals surface area contributed by atoms with E-state index in [0.29, 0.717) is 3.57 Å². The average molecular weight is 366 g/mol. The molecule has 0 amide bonds. The zero-order valence-electron chi connectivity index (χ0n) is 9.94. The molecule has 0 unspecified atom stereocenters. The summed E-state index contributed by atoms with van der Waals surface area (Å²) in [4.78, 5) is 21.9. The Bertz CT molecular complexity index is 497. The Balaban J connectivity index is 3.37. The molecule has 0 heterocycles. The van der Waals surface area contributed by atoms with E-state index in [2.05, 4.69) is 0 Å². The molecule has 0 radical (unpaired) electrons. The molecule has 1 rings (SSSR count). The molecule has 0 aliphatic rings. The predicted molar refractivity (Wildman–Crippen MR) is 70.0 cm³/mol. The second-order valence-corrected chi connectivity index (χ2v) is 4.33. The lowest BCUT2D eigenvalue weighted by Crippen LogP contribution is -2.07. The highest BCUT2D eigenvalue weighted by Gasteiger charge is 2.21. The second kappa shape index (κ2) is 5.89. The number of ether oxygens (including phenoxy) is 3. The van der Waals surface area contributed by atoms with Crippen LogP contribution in [0.25, 0.3) is 0 Å². The summed E-state index contributed by atoms with van der Waals surface area (Å²) < 4.78 is 15.0. The van der Waals surface area contributed by atoms with Gasteiger partial charge in [-0.1, -0.05) is 0 Å². The molecule has 0 fully saturated rings. The number of phenols is 1. The molecule has 1 aromatic rings. The predicted octanol–water partition coefficient (Wildman–Crippen LogP) is 1.86. The van der Waals surface area contributed by atoms with Gasteiger partial charge in [0.15, 0.2) is 17.2 Å². The maximum Gasteiger partial charge on any atom is 0.308 e. The molecule has 0 atom stereocenters. The van der Waals surface area contributed by atoms with Crippen molar-refractivity contribution in [2.45, 2.75) is 13.8 Å². The Morgan fingerprint density at radius 1 is 1.17 bits per heavy atom. The van der Waals surface area contributed by atoms with Crippen LogP contribution in [0.2, 0.25) is 0 Å². The third-order valence-electron chi connectivity index (χ3n) is 1.85. The number of rotatable bonds is 3. The number of methoxy groups -OCH3 is 1. The molecule has 7 heteroatoms. The molecule has 0 spiro atoms. The standard InChI is InChI=1S/C11H11IO6/c1-5(13)17-7-4-8(16-3)10(15)11(9(7)12)18-6(2)14/h4,15H,1-3H3. The van der Waals surface area contributed by atoms with Crippen molar-refractivity contribution < 1.29 is 28.9 Å². The van der Waals surface area contributed by atoms with Gasteiger partial charge in [-0.2, -0.15) is 0 Å². The Kier molecular flexibility index (Phi) is 4.76. The number of carbonyl (C=O) groups excluding carboxylic acids is 2. The summed E-state index contributed by atoms with van der Waals surface area (Å²) in [5.74, 6) is -1.37. The van der Waals surface area contributed by atoms with Gasteiger partial charge in [0, 0.05) is 19.9 Å². The van der Waals surface area contributed by atoms with E-state index < -0.39 is 11.9 Å². The van der Waals surface area contributed by atoms with Crippen LogP contribution in [-0.2, 0) is 9.59 Å². The van der Waals surface area contributed by atoms with E-state index in [-0.39, 0.29) is 23.0 Å². The van der Waals surface area contributed by atoms with Crippen LogP contribution in [0.1, 0.15) is 13.8 Å². The number of benzene rings is 1. The van der Waals surface area contributed by atoms with Crippen LogP contribution in [0.3, 0.4) is 0 Å². The molecular formula is C11H11IO6. The SMILES string of the molecule is COc1cc(OC(C)=O)c(I)c(OC(C)=O)c1O. The third kappa shape index (κ3) is 3.25. The van der Waals surface area contributed by atoms with Gasteiger partial charge in [-0.3, -0.25) is 9.59 Å². The van der Waals surface area contributed by atoms with Crippen LogP contribution < -0.4 is 14.2 Å². The molecule has 0 aliphatic heterocycles. The number of esters is 2. The number of hydrogen-bond donors (Lipinski definition) is 1. The van der Waals surface area contributed by atoms with Gasteiger partial charge in [0.2, 0.25) is 5.75 Å². The summed E-state index contributed by atoms with van der Waals surface area (Å²) in [6.45, 7) is 2.43. The first kappa shape index (κ1) is 14.6. The lowest BCUT2D eigenvalue weighted by molar-refractivity contribution is -0.132. The van der Waals surface area contributed by atoms with Crippen molar-refractivity contribution in [1.29, 1.82) is 0 Å². The zero-order chi connectivity index (χ0) is 13.9. The summed E-state index contributed by atoms with van der Waals surface area (Å²) in [7, 11) is 1.33. The van der Waals surface area contributed by atoms with Gasteiger partial charge < -0.3 is 19.3 Å². The third-order valence-corrected chi connectivity index (χ3v) is 2.87. The number of halogens is 1. The van der Waals surface area contributed by atoms with Crippen molar-refractivity contribution in [2.75, 3.05) is 7.11 Å². The first-order valence-electron chi connectivity index (χ1n) is 4.83. The van der Waals surface area contributed by atoms with Crippen LogP contribution in [-0.4, -0.2) is 24.2 Å². The summed E-state index contributed by atoms with van der Waals surface area (Å²) in [5.41, 5.74) is 0. The molecule has 18 heavy (non-hydrogen) atoms. The van der Waals surface area contributed by atoms with Gasteiger partial charge in [0.05, 0.1) is 7.11 Å². The highest BCUT2D eigenvalue weighted by molar-refractivity contribution is 14.1. The first-order valence-corrected chi connectivity index (χ1v) is 5.91. The minimum absolute atomic E-state index is 0.0444. The van der Waals surface area contributed by atoms with Gasteiger partial charge in [-0.15, -0.1) is 0 Å². The van der Waals surface area contributed by atoms with Crippen LogP contribution in [0.15, 0.2) is 6.07 Å². The molecule has 98 valence electrons. The molecule has 0 saturated carbocycles. The maximum absolute atomic E-state index is 11.0. The van der Waals surface area contributed by atoms with E-state index in [1.807, 2.05) is 0 Å². The van der Waals surface area contributed by atoms with E-state index in [4.69, 9.17) is 14.2 Å². The minimum Gasteiger partial charge on any atom is -0.502 e. The minimum atomic E-state index is -0.606. The monoisotopic (exact) mass is 366 g/mol. The lowest BCUT2D eigenvalue weighted by atomic mass is 10.2. The van der Waals surface area contributed by atoms with Crippen LogP contribution in [0, 0.1) is 3.57 Å². The molecule has 0 aliphatic carbocycles. The van der Waals surface area contributed by atoms with Crippen LogP contribution >= 0.6 is 22.6 Å². The fourth-order valence-electron chi connectivity index (χ4n) is 1.20. The molecule has 1 aromatic carbocycles. The van der Waals surface area contributed by atoms with Crippen molar-refractivity contribution >= 4 is 34.5 Å². The van der Waals surface area contributed by atoms with E-state index in [0.717, 1.165) is 0 Å². The number of aromatic hydroxyl groups is 1. The largest absolute Gasteiger partial charge is 0.502 e. The number of phenolic OH excluding ortho intramolecular Hbond substituents is 1. The van der Waals surface area contributed by atoms with E-state index in [1.54, 1.807) is 22.6 Å². The Labute approximate surface area is 117 Å². The molecule has 6 nitrogen and oxygen atoms in total. The second-order valence-electron chi connectivity index (χ2n) is 3.26. The Hall–Kier alpha value is -1.51. The molecule has 0 bridgehead atoms. The van der Waals surface area contributed by atoms with Crippen LogP contribution in [0.4, 0.5) is 0 Å². The van der Waals surface area contributed by atoms with E-state index >= 15 is 0 Å². The normalized spacial score (nSPS) is 9.78. The highest BCUT2D eigenvalue weighted by Crippen LogP contribution is 2.45. The molecule has 1 N–H and O–H groups in total. The van der Waals surface area contributed by atoms with Crippen molar-refractivity contribution in [3.63, 3.8) is 0 Å². The van der Waals surface area contributed by atoms with Crippen molar-refractivity contribution in [2.24, 2.45) is 0 Å². The van der Waals surface area contributed by atoms with Gasteiger partial charge in [-0.05, 0) is 22.6 Å². The first-order chi connectivity index (χ1) is 8.36. The van der Waals surface area contributed by atoms with Gasteiger partial charge in [0.25, 0.3) is 0 Å². The fraction of sp³-hybridized carbons (Fsp3) is 0.273. The molecule has 0 saturated heterocycles. The summed E-state index contributed by atoms with van der Waals surface area (Å²) in [5, 5.41) is 9.83. The quantitative estimate of drug-likeness (QED) is 0.500. The highest BCUT2D eigenvalue weighted by atomic mass is 127.